The molecule has 7 nitrogen and oxygen atoms in total. The van der Waals surface area contributed by atoms with Gasteiger partial charge in [-0.3, -0.25) is 0 Å². The SMILES string of the molecule is C#CCCOCCOCCOCCOCCNC(=O)OCc1ccccc1. The summed E-state index contributed by atoms with van der Waals surface area (Å²) in [5, 5.41) is 2.63. The molecule has 150 valence electrons. The maximum Gasteiger partial charge on any atom is 0.407 e. The zero-order chi connectivity index (χ0) is 19.4. The van der Waals surface area contributed by atoms with Gasteiger partial charge >= 0.3 is 6.09 Å². The van der Waals surface area contributed by atoms with Gasteiger partial charge in [0, 0.05) is 13.0 Å². The zero-order valence-corrected chi connectivity index (χ0v) is 15.7. The van der Waals surface area contributed by atoms with Crippen molar-refractivity contribution in [2.75, 3.05) is 59.4 Å². The minimum Gasteiger partial charge on any atom is -0.445 e. The number of rotatable bonds is 16. The van der Waals surface area contributed by atoms with Crippen LogP contribution in [-0.4, -0.2) is 65.5 Å². The third kappa shape index (κ3) is 14.7. The molecular weight excluding hydrogens is 350 g/mol. The molecule has 1 rings (SSSR count). The van der Waals surface area contributed by atoms with E-state index in [9.17, 15) is 4.79 Å². The number of terminal acetylenes is 1. The number of benzene rings is 1. The highest BCUT2D eigenvalue weighted by Gasteiger charge is 2.01. The number of alkyl carbamates (subject to hydrolysis) is 1. The van der Waals surface area contributed by atoms with Crippen molar-refractivity contribution >= 4 is 6.09 Å². The van der Waals surface area contributed by atoms with Crippen LogP contribution in [0.3, 0.4) is 0 Å². The number of hydrogen-bond acceptors (Lipinski definition) is 6. The Morgan fingerprint density at radius 1 is 0.852 bits per heavy atom. The summed E-state index contributed by atoms with van der Waals surface area (Å²) in [6.07, 6.45) is 5.27. The van der Waals surface area contributed by atoms with E-state index in [0.29, 0.717) is 65.8 Å². The molecule has 1 N–H and O–H groups in total. The van der Waals surface area contributed by atoms with E-state index < -0.39 is 6.09 Å². The minimum absolute atomic E-state index is 0.250. The van der Waals surface area contributed by atoms with Gasteiger partial charge in [0.15, 0.2) is 0 Å². The predicted molar refractivity (Wildman–Crippen MR) is 101 cm³/mol. The molecule has 0 aliphatic heterocycles. The van der Waals surface area contributed by atoms with E-state index in [-0.39, 0.29) is 6.61 Å². The Balaban J connectivity index is 1.77. The first-order valence-electron chi connectivity index (χ1n) is 9.02. The second-order valence-corrected chi connectivity index (χ2v) is 5.39. The van der Waals surface area contributed by atoms with Gasteiger partial charge in [-0.1, -0.05) is 30.3 Å². The summed E-state index contributed by atoms with van der Waals surface area (Å²) < 4.78 is 26.4. The van der Waals surface area contributed by atoms with Crippen LogP contribution in [0.4, 0.5) is 4.79 Å². The van der Waals surface area contributed by atoms with Crippen LogP contribution in [0.25, 0.3) is 0 Å². The number of hydrogen-bond donors (Lipinski definition) is 1. The summed E-state index contributed by atoms with van der Waals surface area (Å²) in [4.78, 5) is 11.5. The molecule has 0 unspecified atom stereocenters. The lowest BCUT2D eigenvalue weighted by Crippen LogP contribution is -2.28. The lowest BCUT2D eigenvalue weighted by atomic mass is 10.2. The molecule has 0 atom stereocenters. The van der Waals surface area contributed by atoms with Gasteiger partial charge in [-0.05, 0) is 5.56 Å². The second kappa shape index (κ2) is 17.3. The fourth-order valence-electron chi connectivity index (χ4n) is 1.89. The average molecular weight is 379 g/mol. The van der Waals surface area contributed by atoms with Crippen molar-refractivity contribution in [1.29, 1.82) is 0 Å². The molecule has 1 aromatic carbocycles. The Bertz CT molecular complexity index is 517. The molecule has 1 amide bonds. The van der Waals surface area contributed by atoms with Crippen molar-refractivity contribution in [1.82, 2.24) is 5.32 Å². The molecular formula is C20H29NO6. The summed E-state index contributed by atoms with van der Waals surface area (Å²) in [7, 11) is 0. The van der Waals surface area contributed by atoms with Crippen LogP contribution in [0.5, 0.6) is 0 Å². The fourth-order valence-corrected chi connectivity index (χ4v) is 1.89. The number of ether oxygens (including phenoxy) is 5. The number of nitrogens with one attached hydrogen (secondary N) is 1. The van der Waals surface area contributed by atoms with E-state index in [1.165, 1.54) is 0 Å². The Labute approximate surface area is 161 Å². The maximum absolute atomic E-state index is 11.5. The topological polar surface area (TPSA) is 75.3 Å². The Hall–Kier alpha value is -2.11. The van der Waals surface area contributed by atoms with Crippen molar-refractivity contribution in [3.8, 4) is 12.3 Å². The molecule has 0 aromatic heterocycles. The molecule has 0 bridgehead atoms. The minimum atomic E-state index is -0.459. The molecule has 27 heavy (non-hydrogen) atoms. The van der Waals surface area contributed by atoms with Crippen molar-refractivity contribution in [2.45, 2.75) is 13.0 Å². The number of carbonyl (C=O) groups excluding carboxylic acids is 1. The second-order valence-electron chi connectivity index (χ2n) is 5.39. The highest BCUT2D eigenvalue weighted by Crippen LogP contribution is 2.00. The van der Waals surface area contributed by atoms with E-state index >= 15 is 0 Å². The third-order valence-corrected chi connectivity index (χ3v) is 3.24. The summed E-state index contributed by atoms with van der Waals surface area (Å²) >= 11 is 0. The third-order valence-electron chi connectivity index (χ3n) is 3.24. The fraction of sp³-hybridized carbons (Fsp3) is 0.550. The standard InChI is InChI=1S/C20H29NO6/c1-2-3-10-23-12-14-25-16-17-26-15-13-24-11-9-21-20(22)27-18-19-7-5-4-6-8-19/h1,4-8H,3,9-18H2,(H,21,22). The van der Waals surface area contributed by atoms with Crippen LogP contribution >= 0.6 is 0 Å². The quantitative estimate of drug-likeness (QED) is 0.350. The van der Waals surface area contributed by atoms with Gasteiger partial charge in [0.05, 0.1) is 52.9 Å². The lowest BCUT2D eigenvalue weighted by molar-refractivity contribution is -0.000880. The Morgan fingerprint density at radius 2 is 1.41 bits per heavy atom. The molecule has 1 aromatic rings. The summed E-state index contributed by atoms with van der Waals surface area (Å²) in [5.41, 5.74) is 0.946. The van der Waals surface area contributed by atoms with Crippen LogP contribution in [0.2, 0.25) is 0 Å². The predicted octanol–water partition coefficient (Wildman–Crippen LogP) is 2.00. The van der Waals surface area contributed by atoms with Gasteiger partial charge in [-0.25, -0.2) is 4.79 Å². The molecule has 0 radical (unpaired) electrons. The molecule has 0 aliphatic rings. The van der Waals surface area contributed by atoms with Crippen molar-refractivity contribution in [2.24, 2.45) is 0 Å². The molecule has 0 saturated carbocycles. The van der Waals surface area contributed by atoms with Crippen molar-refractivity contribution in [3.63, 3.8) is 0 Å². The highest BCUT2D eigenvalue weighted by atomic mass is 16.6. The molecule has 0 fully saturated rings. The van der Waals surface area contributed by atoms with Gasteiger partial charge < -0.3 is 29.0 Å². The Morgan fingerprint density at radius 3 is 2.00 bits per heavy atom. The van der Waals surface area contributed by atoms with Gasteiger partial charge in [0.1, 0.15) is 6.61 Å². The first kappa shape index (κ1) is 22.9. The molecule has 0 heterocycles. The van der Waals surface area contributed by atoms with Gasteiger partial charge in [-0.15, -0.1) is 12.3 Å². The van der Waals surface area contributed by atoms with Crippen molar-refractivity contribution < 1.29 is 28.5 Å². The van der Waals surface area contributed by atoms with Gasteiger partial charge in [0.25, 0.3) is 0 Å². The Kier molecular flexibility index (Phi) is 14.7. The van der Waals surface area contributed by atoms with E-state index in [0.717, 1.165) is 5.56 Å². The molecule has 0 spiro atoms. The maximum atomic E-state index is 11.5. The van der Waals surface area contributed by atoms with E-state index in [1.54, 1.807) is 0 Å². The van der Waals surface area contributed by atoms with Crippen molar-refractivity contribution in [3.05, 3.63) is 35.9 Å². The van der Waals surface area contributed by atoms with Crippen LogP contribution in [0.15, 0.2) is 30.3 Å². The number of amides is 1. The summed E-state index contributed by atoms with van der Waals surface area (Å²) in [5.74, 6) is 2.50. The lowest BCUT2D eigenvalue weighted by Gasteiger charge is -2.08. The van der Waals surface area contributed by atoms with Crippen LogP contribution < -0.4 is 5.32 Å². The van der Waals surface area contributed by atoms with Crippen LogP contribution in [0.1, 0.15) is 12.0 Å². The van der Waals surface area contributed by atoms with Crippen LogP contribution in [0, 0.1) is 12.3 Å². The first-order valence-corrected chi connectivity index (χ1v) is 9.02. The zero-order valence-electron chi connectivity index (χ0n) is 15.7. The smallest absolute Gasteiger partial charge is 0.407 e. The molecule has 7 heteroatoms. The largest absolute Gasteiger partial charge is 0.445 e. The highest BCUT2D eigenvalue weighted by molar-refractivity contribution is 5.67. The summed E-state index contributed by atoms with van der Waals surface area (Å²) in [6.45, 7) is 4.59. The van der Waals surface area contributed by atoms with E-state index in [4.69, 9.17) is 30.1 Å². The van der Waals surface area contributed by atoms with Gasteiger partial charge in [0.2, 0.25) is 0 Å². The average Bonchev–Trinajstić information content (AvgIpc) is 2.70. The number of carbonyl (C=O) groups is 1. The van der Waals surface area contributed by atoms with E-state index in [1.807, 2.05) is 30.3 Å². The molecule has 0 saturated heterocycles. The van der Waals surface area contributed by atoms with E-state index in [2.05, 4.69) is 11.2 Å². The summed E-state index contributed by atoms with van der Waals surface area (Å²) in [6, 6.07) is 9.51. The molecule has 0 aliphatic carbocycles. The van der Waals surface area contributed by atoms with Gasteiger partial charge in [-0.2, -0.15) is 0 Å². The monoisotopic (exact) mass is 379 g/mol. The normalized spacial score (nSPS) is 10.3. The first-order chi connectivity index (χ1) is 13.3. The van der Waals surface area contributed by atoms with Crippen LogP contribution in [-0.2, 0) is 30.3 Å².